The zero-order chi connectivity index (χ0) is 92.6. The van der Waals surface area contributed by atoms with Crippen LogP contribution in [0, 0.1) is 5.92 Å². The molecule has 0 saturated carbocycles. The van der Waals surface area contributed by atoms with E-state index in [1.54, 1.807) is 170 Å². The van der Waals surface area contributed by atoms with Crippen LogP contribution in [0.1, 0.15) is 84.7 Å². The Bertz CT molecular complexity index is 4650. The normalized spacial score (nSPS) is 11.0. The fourth-order valence-electron chi connectivity index (χ4n) is 13.4. The molecule has 11 amide bonds. The Balaban J connectivity index is 1.30. The summed E-state index contributed by atoms with van der Waals surface area (Å²) in [7, 11) is 0. The number of Topliss-reactive ketones (excluding diaryl/α,β-unsaturated/α-hetero) is 1. The predicted molar refractivity (Wildman–Crippen MR) is 460 cm³/mol. The van der Waals surface area contributed by atoms with Gasteiger partial charge < -0.3 is 90.7 Å². The lowest BCUT2D eigenvalue weighted by atomic mass is 9.92. The molecule has 127 heavy (non-hydrogen) atoms. The number of carbonyl (C=O) groups excluding carboxylic acids is 12. The van der Waals surface area contributed by atoms with E-state index in [1.165, 1.54) is 4.90 Å². The fraction of sp³-hybridized carbons (Fsp3) is 0.407. The second-order valence-electron chi connectivity index (χ2n) is 30.2. The van der Waals surface area contributed by atoms with Crippen molar-refractivity contribution in [3.05, 3.63) is 215 Å². The highest BCUT2D eigenvalue weighted by atomic mass is 16.4. The van der Waals surface area contributed by atoms with Crippen molar-refractivity contribution in [2.45, 2.75) is 89.9 Å². The molecule has 36 heteroatoms. The summed E-state index contributed by atoms with van der Waals surface area (Å²) in [5, 5.41) is 61.9. The molecular formula is C91H112N12O24. The van der Waals surface area contributed by atoms with Gasteiger partial charge in [-0.25, -0.2) is 0 Å². The summed E-state index contributed by atoms with van der Waals surface area (Å²) >= 11 is 0. The largest absolute Gasteiger partial charge is 0.481 e. The van der Waals surface area contributed by atoms with Crippen molar-refractivity contribution >= 4 is 107 Å². The Morgan fingerprint density at radius 3 is 0.638 bits per heavy atom. The maximum atomic E-state index is 15.2. The zero-order valence-corrected chi connectivity index (χ0v) is 70.9. The monoisotopic (exact) mass is 1760 g/mol. The van der Waals surface area contributed by atoms with E-state index in [2.05, 4.69) is 5.32 Å². The van der Waals surface area contributed by atoms with Crippen molar-refractivity contribution < 1.29 is 117 Å². The second kappa shape index (κ2) is 55.2. The highest BCUT2D eigenvalue weighted by Gasteiger charge is 2.35. The molecule has 680 valence electrons. The third-order valence-electron chi connectivity index (χ3n) is 20.7. The van der Waals surface area contributed by atoms with Crippen LogP contribution in [0.4, 0.5) is 0 Å². The Morgan fingerprint density at radius 1 is 0.244 bits per heavy atom. The molecule has 0 aliphatic heterocycles. The summed E-state index contributed by atoms with van der Waals surface area (Å²) in [6.07, 6.45) is -3.46. The molecule has 0 bridgehead atoms. The number of aryl methyl sites for hydroxylation is 1. The molecule has 0 saturated heterocycles. The lowest BCUT2D eigenvalue weighted by Gasteiger charge is -2.33. The van der Waals surface area contributed by atoms with E-state index in [9.17, 15) is 93.0 Å². The number of carboxylic acids is 6. The van der Waals surface area contributed by atoms with Crippen molar-refractivity contribution in [1.82, 2.24) is 54.3 Å². The van der Waals surface area contributed by atoms with E-state index in [0.29, 0.717) is 28.7 Å². The molecule has 6 rings (SSSR count). The number of carboxylic acid groups (broad SMARTS) is 6. The van der Waals surface area contributed by atoms with Crippen LogP contribution in [0.3, 0.4) is 0 Å². The Hall–Kier alpha value is -14.1. The van der Waals surface area contributed by atoms with Gasteiger partial charge in [-0.3, -0.25) is 86.3 Å². The van der Waals surface area contributed by atoms with Crippen LogP contribution in [0.25, 0.3) is 0 Å². The molecule has 1 atom stereocenters. The standard InChI is InChI=1S/C91H112N12O24/c92-75(105)55-73(32-31-67-19-7-1-8-20-67)74(104)57-94(50-39-87(118)119)77(107)59-96(46-35-69-23-11-3-12-24-69)79(109)64-101(52-41-89(122)123)83(113)61-98(48-37-71-27-15-5-16-28-71)81(111)66-103(54-43-91(126)127)85(115)62-99(49-38-72-29-17-6-18-30-72)82(112)65-102(53-42-90(124)125)84(114)60-97(47-36-70-25-13-4-14-26-70)80(110)63-100(51-40-88(120)121)78(108)58-95(45-34-68-21-9-2-10-22-68)76(106)56-93-44-33-86(116)117/h1-30,73,93H,31-66H2,(H2,92,105)(H,116,117)(H,118,119)(H,120,121)(H,122,123)(H,124,125)(H,126,127). The minimum Gasteiger partial charge on any atom is -0.481 e. The molecule has 0 aromatic heterocycles. The van der Waals surface area contributed by atoms with Crippen molar-refractivity contribution in [3.8, 4) is 0 Å². The summed E-state index contributed by atoms with van der Waals surface area (Å²) in [4.78, 5) is 257. The first-order valence-electron chi connectivity index (χ1n) is 41.6. The van der Waals surface area contributed by atoms with Crippen molar-refractivity contribution in [2.24, 2.45) is 11.7 Å². The van der Waals surface area contributed by atoms with Gasteiger partial charge in [0.05, 0.1) is 111 Å². The van der Waals surface area contributed by atoms with Gasteiger partial charge >= 0.3 is 35.8 Å². The number of amides is 11. The third-order valence-corrected chi connectivity index (χ3v) is 20.7. The van der Waals surface area contributed by atoms with Gasteiger partial charge in [0.2, 0.25) is 65.0 Å². The van der Waals surface area contributed by atoms with Crippen LogP contribution < -0.4 is 11.1 Å². The van der Waals surface area contributed by atoms with Gasteiger partial charge in [0.1, 0.15) is 0 Å². The van der Waals surface area contributed by atoms with Crippen LogP contribution in [0.2, 0.25) is 0 Å². The number of hydrogen-bond donors (Lipinski definition) is 8. The van der Waals surface area contributed by atoms with E-state index in [4.69, 9.17) is 5.73 Å². The molecule has 0 spiro atoms. The number of ketones is 1. The Labute approximate surface area is 735 Å². The van der Waals surface area contributed by atoms with E-state index >= 15 is 24.0 Å². The predicted octanol–water partition coefficient (Wildman–Crippen LogP) is 2.62. The smallest absolute Gasteiger partial charge is 0.305 e. The first-order valence-corrected chi connectivity index (χ1v) is 41.6. The number of primary amides is 1. The van der Waals surface area contributed by atoms with Crippen LogP contribution in [-0.2, 0) is 125 Å². The van der Waals surface area contributed by atoms with Crippen LogP contribution >= 0.6 is 0 Å². The quantitative estimate of drug-likeness (QED) is 0.0254. The van der Waals surface area contributed by atoms with E-state index in [0.717, 1.165) is 55.2 Å². The first-order chi connectivity index (χ1) is 60.8. The highest BCUT2D eigenvalue weighted by Crippen LogP contribution is 2.19. The number of nitrogens with one attached hydrogen (secondary N) is 1. The Morgan fingerprint density at radius 2 is 0.433 bits per heavy atom. The van der Waals surface area contributed by atoms with Gasteiger partial charge in [0.15, 0.2) is 5.78 Å². The summed E-state index contributed by atoms with van der Waals surface area (Å²) in [5.74, 6) is -20.0. The zero-order valence-electron chi connectivity index (χ0n) is 70.9. The highest BCUT2D eigenvalue weighted by molar-refractivity contribution is 5.96. The molecule has 0 radical (unpaired) electrons. The van der Waals surface area contributed by atoms with E-state index in [-0.39, 0.29) is 84.2 Å². The fourth-order valence-corrected chi connectivity index (χ4v) is 13.4. The van der Waals surface area contributed by atoms with E-state index in [1.807, 2.05) is 12.1 Å². The van der Waals surface area contributed by atoms with Crippen LogP contribution in [0.5, 0.6) is 0 Å². The lowest BCUT2D eigenvalue weighted by Crippen LogP contribution is -2.53. The van der Waals surface area contributed by atoms with Gasteiger partial charge in [-0.15, -0.1) is 0 Å². The minimum atomic E-state index is -1.45. The topological polar surface area (TPSA) is 499 Å². The molecule has 0 aliphatic rings. The summed E-state index contributed by atoms with van der Waals surface area (Å²) < 4.78 is 0. The molecular weight excluding hydrogens is 1650 g/mol. The number of hydrogen-bond acceptors (Lipinski definition) is 19. The average molecular weight is 1760 g/mol. The molecule has 6 aromatic rings. The molecule has 0 aliphatic carbocycles. The maximum absolute atomic E-state index is 15.2. The molecule has 36 nitrogen and oxygen atoms in total. The summed E-state index contributed by atoms with van der Waals surface area (Å²) in [6, 6.07) is 52.1. The number of nitrogens with two attached hydrogens (primary N) is 1. The van der Waals surface area contributed by atoms with Crippen molar-refractivity contribution in [3.63, 3.8) is 0 Å². The van der Waals surface area contributed by atoms with Gasteiger partial charge in [-0.2, -0.15) is 0 Å². The Kier molecular flexibility index (Phi) is 44.2. The molecule has 0 fully saturated rings. The molecule has 9 N–H and O–H groups in total. The van der Waals surface area contributed by atoms with Gasteiger partial charge in [0, 0.05) is 84.3 Å². The maximum Gasteiger partial charge on any atom is 0.305 e. The number of carbonyl (C=O) groups is 18. The van der Waals surface area contributed by atoms with Crippen molar-refractivity contribution in [1.29, 1.82) is 0 Å². The van der Waals surface area contributed by atoms with Crippen molar-refractivity contribution in [2.75, 3.05) is 144 Å². The van der Waals surface area contributed by atoms with Gasteiger partial charge in [-0.1, -0.05) is 182 Å². The van der Waals surface area contributed by atoms with Crippen LogP contribution in [-0.4, -0.2) is 330 Å². The second-order valence-corrected chi connectivity index (χ2v) is 30.2. The summed E-state index contributed by atoms with van der Waals surface area (Å²) in [6.45, 7) is -13.5. The lowest BCUT2D eigenvalue weighted by molar-refractivity contribution is -0.150. The van der Waals surface area contributed by atoms with E-state index < -0.39 is 256 Å². The average Bonchev–Trinajstić information content (AvgIpc) is 0.846. The molecule has 0 heterocycles. The molecule has 6 aromatic carbocycles. The first kappa shape index (κ1) is 102. The summed E-state index contributed by atoms with van der Waals surface area (Å²) in [5.41, 5.74) is 9.80. The third kappa shape index (κ3) is 40.0. The minimum absolute atomic E-state index is 0.0258. The van der Waals surface area contributed by atoms with Gasteiger partial charge in [0.25, 0.3) is 0 Å². The molecule has 1 unspecified atom stereocenters. The number of aliphatic carboxylic acids is 6. The number of nitrogens with zero attached hydrogens (tertiary/aromatic N) is 10. The van der Waals surface area contributed by atoms with Gasteiger partial charge in [-0.05, 0) is 78.3 Å². The number of rotatable bonds is 61. The SMILES string of the molecule is NC(=O)CC(CCc1ccccc1)C(=O)CN(CCC(=O)O)C(=O)CN(CCc1ccccc1)C(=O)CN(CCC(=O)O)C(=O)CN(CCc1ccccc1)C(=O)CN(CCC(=O)O)C(=O)CN(CCc1ccccc1)C(=O)CN(CCC(=O)O)C(=O)CN(CCc1ccccc1)C(=O)CN(CCC(=O)O)C(=O)CN(CCc1ccccc1)C(=O)CNCCC(=O)O. The number of benzene rings is 6. The van der Waals surface area contributed by atoms with Crippen LogP contribution in [0.15, 0.2) is 182 Å².